The van der Waals surface area contributed by atoms with E-state index >= 15 is 0 Å². The first-order valence-corrected chi connectivity index (χ1v) is 7.85. The van der Waals surface area contributed by atoms with Gasteiger partial charge in [0, 0.05) is 19.1 Å². The Labute approximate surface area is 114 Å². The Morgan fingerprint density at radius 3 is 2.50 bits per heavy atom. The molecular formula is C11H14BrFN2O2S. The maximum Gasteiger partial charge on any atom is 0.243 e. The highest BCUT2D eigenvalue weighted by Crippen LogP contribution is 2.24. The number of nitrogens with two attached hydrogens (primary N) is 1. The molecule has 7 heteroatoms. The highest BCUT2D eigenvalue weighted by Gasteiger charge is 2.28. The summed E-state index contributed by atoms with van der Waals surface area (Å²) in [4.78, 5) is -0.0151. The van der Waals surface area contributed by atoms with E-state index in [1.165, 1.54) is 16.4 Å². The van der Waals surface area contributed by atoms with Gasteiger partial charge in [-0.15, -0.1) is 0 Å². The summed E-state index contributed by atoms with van der Waals surface area (Å²) in [6.45, 7) is 0.780. The predicted molar refractivity (Wildman–Crippen MR) is 70.1 cm³/mol. The van der Waals surface area contributed by atoms with Crippen molar-refractivity contribution in [2.75, 3.05) is 13.1 Å². The molecule has 4 nitrogen and oxygen atoms in total. The lowest BCUT2D eigenvalue weighted by Gasteiger charge is -2.29. The van der Waals surface area contributed by atoms with Crippen LogP contribution in [0, 0.1) is 5.82 Å². The summed E-state index contributed by atoms with van der Waals surface area (Å²) < 4.78 is 39.5. The fraction of sp³-hybridized carbons (Fsp3) is 0.455. The number of nitrogens with zero attached hydrogens (tertiary/aromatic N) is 1. The molecule has 1 aliphatic heterocycles. The van der Waals surface area contributed by atoms with Crippen molar-refractivity contribution in [2.45, 2.75) is 23.8 Å². The van der Waals surface area contributed by atoms with Crippen LogP contribution in [0.2, 0.25) is 0 Å². The topological polar surface area (TPSA) is 63.4 Å². The predicted octanol–water partition coefficient (Wildman–Crippen LogP) is 1.70. The van der Waals surface area contributed by atoms with Crippen molar-refractivity contribution in [1.29, 1.82) is 0 Å². The summed E-state index contributed by atoms with van der Waals surface area (Å²) in [5.74, 6) is -0.579. The average Bonchev–Trinajstić information content (AvgIpc) is 2.33. The molecule has 1 aromatic rings. The van der Waals surface area contributed by atoms with E-state index in [0.717, 1.165) is 6.07 Å². The van der Waals surface area contributed by atoms with Crippen LogP contribution < -0.4 is 5.73 Å². The first kappa shape index (κ1) is 13.9. The summed E-state index contributed by atoms with van der Waals surface area (Å²) >= 11 is 3.00. The van der Waals surface area contributed by atoms with E-state index in [1.54, 1.807) is 0 Å². The maximum atomic E-state index is 13.4. The van der Waals surface area contributed by atoms with Crippen LogP contribution in [0.4, 0.5) is 4.39 Å². The van der Waals surface area contributed by atoms with Crippen molar-refractivity contribution in [2.24, 2.45) is 5.73 Å². The second kappa shape index (κ2) is 5.24. The van der Waals surface area contributed by atoms with Gasteiger partial charge in [0.1, 0.15) is 5.82 Å². The van der Waals surface area contributed by atoms with Crippen LogP contribution in [0.25, 0.3) is 0 Å². The minimum atomic E-state index is -3.61. The SMILES string of the molecule is NC1CCN(S(=O)(=O)c2ccc(Br)c(F)c2)CC1. The zero-order valence-electron chi connectivity index (χ0n) is 9.64. The number of hydrogen-bond acceptors (Lipinski definition) is 3. The molecular weight excluding hydrogens is 323 g/mol. The number of hydrogen-bond donors (Lipinski definition) is 1. The first-order valence-electron chi connectivity index (χ1n) is 5.62. The van der Waals surface area contributed by atoms with E-state index < -0.39 is 15.8 Å². The van der Waals surface area contributed by atoms with Crippen LogP contribution in [0.15, 0.2) is 27.6 Å². The van der Waals surface area contributed by atoms with Crippen LogP contribution in [0.5, 0.6) is 0 Å². The van der Waals surface area contributed by atoms with E-state index in [4.69, 9.17) is 5.73 Å². The van der Waals surface area contributed by atoms with Gasteiger partial charge in [-0.25, -0.2) is 12.8 Å². The van der Waals surface area contributed by atoms with Crippen molar-refractivity contribution < 1.29 is 12.8 Å². The van der Waals surface area contributed by atoms with Crippen LogP contribution in [-0.2, 0) is 10.0 Å². The molecule has 0 spiro atoms. The molecule has 100 valence electrons. The molecule has 1 saturated heterocycles. The van der Waals surface area contributed by atoms with Gasteiger partial charge in [0.2, 0.25) is 10.0 Å². The van der Waals surface area contributed by atoms with E-state index in [2.05, 4.69) is 15.9 Å². The van der Waals surface area contributed by atoms with E-state index in [-0.39, 0.29) is 15.4 Å². The normalized spacial score (nSPS) is 19.1. The van der Waals surface area contributed by atoms with E-state index in [9.17, 15) is 12.8 Å². The van der Waals surface area contributed by atoms with Gasteiger partial charge in [0.05, 0.1) is 9.37 Å². The van der Waals surface area contributed by atoms with E-state index in [0.29, 0.717) is 25.9 Å². The number of piperidine rings is 1. The molecule has 0 aromatic heterocycles. The lowest BCUT2D eigenvalue weighted by molar-refractivity contribution is 0.320. The van der Waals surface area contributed by atoms with Gasteiger partial charge in [-0.3, -0.25) is 0 Å². The van der Waals surface area contributed by atoms with Gasteiger partial charge < -0.3 is 5.73 Å². The fourth-order valence-corrected chi connectivity index (χ4v) is 3.63. The first-order chi connectivity index (χ1) is 8.41. The van der Waals surface area contributed by atoms with Gasteiger partial charge in [0.25, 0.3) is 0 Å². The van der Waals surface area contributed by atoms with Crippen molar-refractivity contribution in [1.82, 2.24) is 4.31 Å². The Bertz CT molecular complexity index is 542. The number of sulfonamides is 1. The molecule has 1 fully saturated rings. The van der Waals surface area contributed by atoms with Crippen LogP contribution in [0.1, 0.15) is 12.8 Å². The highest BCUT2D eigenvalue weighted by molar-refractivity contribution is 9.10. The second-order valence-electron chi connectivity index (χ2n) is 4.32. The molecule has 2 N–H and O–H groups in total. The number of benzene rings is 1. The third-order valence-electron chi connectivity index (χ3n) is 3.03. The minimum Gasteiger partial charge on any atom is -0.328 e. The summed E-state index contributed by atoms with van der Waals surface area (Å²) in [6.07, 6.45) is 1.27. The smallest absolute Gasteiger partial charge is 0.243 e. The average molecular weight is 337 g/mol. The molecule has 18 heavy (non-hydrogen) atoms. The maximum absolute atomic E-state index is 13.4. The Morgan fingerprint density at radius 1 is 1.33 bits per heavy atom. The Kier molecular flexibility index (Phi) is 4.05. The molecule has 0 atom stereocenters. The Hall–Kier alpha value is -0.500. The molecule has 1 aliphatic rings. The summed E-state index contributed by atoms with van der Waals surface area (Å²) in [6, 6.07) is 3.89. The molecule has 0 saturated carbocycles. The zero-order chi connectivity index (χ0) is 13.3. The van der Waals surface area contributed by atoms with Gasteiger partial charge in [0.15, 0.2) is 0 Å². The molecule has 1 aromatic carbocycles. The van der Waals surface area contributed by atoms with Crippen molar-refractivity contribution in [3.05, 3.63) is 28.5 Å². The third kappa shape index (κ3) is 2.74. The van der Waals surface area contributed by atoms with Crippen molar-refractivity contribution in [3.8, 4) is 0 Å². The lowest BCUT2D eigenvalue weighted by Crippen LogP contribution is -2.42. The molecule has 0 radical (unpaired) electrons. The minimum absolute atomic E-state index is 0.0151. The standard InChI is InChI=1S/C11H14BrFN2O2S/c12-10-2-1-9(7-11(10)13)18(16,17)15-5-3-8(14)4-6-15/h1-2,7-8H,3-6,14H2. The molecule has 0 unspecified atom stereocenters. The van der Waals surface area contributed by atoms with Gasteiger partial charge >= 0.3 is 0 Å². The van der Waals surface area contributed by atoms with Gasteiger partial charge in [-0.05, 0) is 47.0 Å². The van der Waals surface area contributed by atoms with Gasteiger partial charge in [-0.2, -0.15) is 4.31 Å². The molecule has 0 amide bonds. The Morgan fingerprint density at radius 2 is 1.94 bits per heavy atom. The molecule has 2 rings (SSSR count). The fourth-order valence-electron chi connectivity index (χ4n) is 1.90. The van der Waals surface area contributed by atoms with Crippen molar-refractivity contribution >= 4 is 26.0 Å². The summed E-state index contributed by atoms with van der Waals surface area (Å²) in [7, 11) is -3.61. The lowest BCUT2D eigenvalue weighted by atomic mass is 10.1. The van der Waals surface area contributed by atoms with Crippen LogP contribution in [-0.4, -0.2) is 31.9 Å². The van der Waals surface area contributed by atoms with Gasteiger partial charge in [-0.1, -0.05) is 0 Å². The van der Waals surface area contributed by atoms with Crippen LogP contribution >= 0.6 is 15.9 Å². The quantitative estimate of drug-likeness (QED) is 0.893. The summed E-state index contributed by atoms with van der Waals surface area (Å²) in [5.41, 5.74) is 5.74. The number of halogens is 2. The number of rotatable bonds is 2. The Balaban J connectivity index is 2.27. The van der Waals surface area contributed by atoms with Crippen LogP contribution in [0.3, 0.4) is 0 Å². The van der Waals surface area contributed by atoms with Crippen molar-refractivity contribution in [3.63, 3.8) is 0 Å². The zero-order valence-corrected chi connectivity index (χ0v) is 12.0. The largest absolute Gasteiger partial charge is 0.328 e. The monoisotopic (exact) mass is 336 g/mol. The summed E-state index contributed by atoms with van der Waals surface area (Å²) in [5, 5.41) is 0. The molecule has 0 bridgehead atoms. The highest BCUT2D eigenvalue weighted by atomic mass is 79.9. The second-order valence-corrected chi connectivity index (χ2v) is 7.11. The molecule has 0 aliphatic carbocycles. The van der Waals surface area contributed by atoms with E-state index in [1.807, 2.05) is 0 Å². The third-order valence-corrected chi connectivity index (χ3v) is 5.57. The molecule has 1 heterocycles.